The van der Waals surface area contributed by atoms with Gasteiger partial charge in [-0.2, -0.15) is 9.97 Å². The Balaban J connectivity index is 1.76. The molecular formula is C18H28ClN5OSi. The van der Waals surface area contributed by atoms with Gasteiger partial charge < -0.3 is 14.7 Å². The van der Waals surface area contributed by atoms with E-state index in [-0.39, 0.29) is 17.0 Å². The molecule has 3 rings (SSSR count). The predicted molar refractivity (Wildman–Crippen MR) is 109 cm³/mol. The third-order valence-electron chi connectivity index (χ3n) is 5.64. The molecule has 0 amide bonds. The summed E-state index contributed by atoms with van der Waals surface area (Å²) >= 11 is 6.15. The summed E-state index contributed by atoms with van der Waals surface area (Å²) < 4.78 is 8.47. The minimum Gasteiger partial charge on any atom is -0.417 e. The molecule has 0 fully saturated rings. The number of anilines is 1. The highest BCUT2D eigenvalue weighted by Crippen LogP contribution is 2.38. The van der Waals surface area contributed by atoms with E-state index < -0.39 is 8.32 Å². The maximum absolute atomic E-state index is 6.44. The quantitative estimate of drug-likeness (QED) is 0.466. The molecule has 2 heterocycles. The molecule has 26 heavy (non-hydrogen) atoms. The van der Waals surface area contributed by atoms with Gasteiger partial charge in [-0.15, -0.1) is 0 Å². The van der Waals surface area contributed by atoms with Crippen molar-refractivity contribution in [1.29, 1.82) is 0 Å². The van der Waals surface area contributed by atoms with Crippen LogP contribution < -0.4 is 5.73 Å². The van der Waals surface area contributed by atoms with Crippen molar-refractivity contribution in [3.8, 4) is 0 Å². The van der Waals surface area contributed by atoms with Crippen LogP contribution in [0.5, 0.6) is 0 Å². The third kappa shape index (κ3) is 3.79. The normalized spacial score (nSPS) is 21.5. The number of hydrogen-bond donors (Lipinski definition) is 1. The van der Waals surface area contributed by atoms with Crippen molar-refractivity contribution in [1.82, 2.24) is 19.5 Å². The van der Waals surface area contributed by atoms with Crippen molar-refractivity contribution in [3.63, 3.8) is 0 Å². The topological polar surface area (TPSA) is 78.8 Å². The minimum atomic E-state index is -1.73. The summed E-state index contributed by atoms with van der Waals surface area (Å²) in [4.78, 5) is 12.7. The zero-order valence-corrected chi connectivity index (χ0v) is 17.9. The third-order valence-corrected chi connectivity index (χ3v) is 10.4. The first-order valence-electron chi connectivity index (χ1n) is 9.04. The SMILES string of the molecule is CC(C)(C)[Si](C)(C)OC[C@H]1CC=C[C@@H](n2cnc3c(Cl)nc(N)nc32)C1. The average Bonchev–Trinajstić information content (AvgIpc) is 2.96. The van der Waals surface area contributed by atoms with Crippen LogP contribution in [0.2, 0.25) is 23.3 Å². The Hall–Kier alpha value is -1.44. The molecule has 0 aliphatic heterocycles. The van der Waals surface area contributed by atoms with E-state index in [2.05, 4.69) is 61.0 Å². The van der Waals surface area contributed by atoms with E-state index in [1.165, 1.54) is 0 Å². The smallest absolute Gasteiger partial charge is 0.223 e. The van der Waals surface area contributed by atoms with E-state index in [4.69, 9.17) is 21.8 Å². The maximum atomic E-state index is 6.44. The van der Waals surface area contributed by atoms with Crippen molar-refractivity contribution < 1.29 is 4.43 Å². The molecule has 142 valence electrons. The molecule has 0 aromatic carbocycles. The number of aromatic nitrogens is 4. The van der Waals surface area contributed by atoms with Crippen LogP contribution in [0.15, 0.2) is 18.5 Å². The fourth-order valence-corrected chi connectivity index (χ4v) is 4.28. The van der Waals surface area contributed by atoms with Gasteiger partial charge in [0.05, 0.1) is 12.4 Å². The van der Waals surface area contributed by atoms with Crippen LogP contribution in [0.4, 0.5) is 5.95 Å². The number of nitrogen functional groups attached to an aromatic ring is 1. The second-order valence-corrected chi connectivity index (χ2v) is 13.8. The Kier molecular flexibility index (Phi) is 5.16. The van der Waals surface area contributed by atoms with Gasteiger partial charge in [0.2, 0.25) is 5.95 Å². The molecule has 2 atom stereocenters. The number of halogens is 1. The van der Waals surface area contributed by atoms with Crippen LogP contribution in [0, 0.1) is 5.92 Å². The molecule has 0 bridgehead atoms. The highest BCUT2D eigenvalue weighted by atomic mass is 35.5. The highest BCUT2D eigenvalue weighted by Gasteiger charge is 2.37. The van der Waals surface area contributed by atoms with Crippen LogP contribution in [-0.4, -0.2) is 34.4 Å². The molecule has 8 heteroatoms. The lowest BCUT2D eigenvalue weighted by Gasteiger charge is -2.38. The Morgan fingerprint density at radius 1 is 1.35 bits per heavy atom. The number of allylic oxidation sites excluding steroid dienone is 2. The van der Waals surface area contributed by atoms with Crippen LogP contribution in [-0.2, 0) is 4.43 Å². The maximum Gasteiger partial charge on any atom is 0.223 e. The van der Waals surface area contributed by atoms with Crippen molar-refractivity contribution in [2.75, 3.05) is 12.3 Å². The van der Waals surface area contributed by atoms with Gasteiger partial charge in [-0.25, -0.2) is 4.98 Å². The average molecular weight is 394 g/mol. The fourth-order valence-electron chi connectivity index (χ4n) is 2.97. The lowest BCUT2D eigenvalue weighted by molar-refractivity contribution is 0.207. The van der Waals surface area contributed by atoms with Gasteiger partial charge in [-0.1, -0.05) is 44.5 Å². The molecular weight excluding hydrogens is 366 g/mol. The second-order valence-electron chi connectivity index (χ2n) is 8.60. The first-order valence-corrected chi connectivity index (χ1v) is 12.3. The molecule has 0 saturated heterocycles. The zero-order chi connectivity index (χ0) is 19.1. The van der Waals surface area contributed by atoms with Gasteiger partial charge in [-0.3, -0.25) is 0 Å². The molecule has 0 spiro atoms. The zero-order valence-electron chi connectivity index (χ0n) is 16.2. The predicted octanol–water partition coefficient (Wildman–Crippen LogP) is 4.59. The van der Waals surface area contributed by atoms with Gasteiger partial charge in [0.15, 0.2) is 19.1 Å². The number of hydrogen-bond acceptors (Lipinski definition) is 5. The second kappa shape index (κ2) is 6.94. The van der Waals surface area contributed by atoms with E-state index in [0.717, 1.165) is 19.4 Å². The monoisotopic (exact) mass is 393 g/mol. The van der Waals surface area contributed by atoms with E-state index in [0.29, 0.717) is 22.2 Å². The lowest BCUT2D eigenvalue weighted by atomic mass is 9.91. The summed E-state index contributed by atoms with van der Waals surface area (Å²) in [5, 5.41) is 0.520. The van der Waals surface area contributed by atoms with Crippen molar-refractivity contribution >= 4 is 37.0 Å². The summed E-state index contributed by atoms with van der Waals surface area (Å²) in [7, 11) is -1.73. The summed E-state index contributed by atoms with van der Waals surface area (Å²) in [5.74, 6) is 0.646. The standard InChI is InChI=1S/C18H28ClN5OSi/c1-18(2,3)26(4,5)25-10-12-7-6-8-13(9-12)24-11-21-14-15(19)22-17(20)23-16(14)24/h6,8,11-13H,7,9-10H2,1-5H3,(H2,20,22,23)/t12-,13+/m0/s1. The van der Waals surface area contributed by atoms with E-state index in [1.54, 1.807) is 6.33 Å². The van der Waals surface area contributed by atoms with Gasteiger partial charge in [0.25, 0.3) is 0 Å². The van der Waals surface area contributed by atoms with Gasteiger partial charge in [0.1, 0.15) is 5.52 Å². The summed E-state index contributed by atoms with van der Waals surface area (Å²) in [6, 6.07) is 0.173. The fraction of sp³-hybridized carbons (Fsp3) is 0.611. The van der Waals surface area contributed by atoms with Gasteiger partial charge in [0, 0.05) is 6.61 Å². The van der Waals surface area contributed by atoms with E-state index in [9.17, 15) is 0 Å². The highest BCUT2D eigenvalue weighted by molar-refractivity contribution is 6.74. The van der Waals surface area contributed by atoms with Crippen LogP contribution in [0.3, 0.4) is 0 Å². The lowest BCUT2D eigenvalue weighted by Crippen LogP contribution is -2.42. The molecule has 0 unspecified atom stereocenters. The number of rotatable bonds is 4. The molecule has 2 aromatic heterocycles. The Morgan fingerprint density at radius 2 is 2.08 bits per heavy atom. The number of nitrogens with two attached hydrogens (primary N) is 1. The Morgan fingerprint density at radius 3 is 2.77 bits per heavy atom. The summed E-state index contributed by atoms with van der Waals surface area (Å²) in [6.45, 7) is 12.2. The van der Waals surface area contributed by atoms with Crippen molar-refractivity contribution in [2.24, 2.45) is 5.92 Å². The molecule has 2 N–H and O–H groups in total. The van der Waals surface area contributed by atoms with Crippen LogP contribution in [0.1, 0.15) is 39.7 Å². The van der Waals surface area contributed by atoms with Crippen molar-refractivity contribution in [3.05, 3.63) is 23.6 Å². The molecule has 0 radical (unpaired) electrons. The number of nitrogens with zero attached hydrogens (tertiary/aromatic N) is 4. The Bertz CT molecular complexity index is 827. The number of imidazole rings is 1. The van der Waals surface area contributed by atoms with E-state index in [1.807, 2.05) is 4.57 Å². The summed E-state index contributed by atoms with van der Waals surface area (Å²) in [5.41, 5.74) is 7.04. The van der Waals surface area contributed by atoms with E-state index >= 15 is 0 Å². The largest absolute Gasteiger partial charge is 0.417 e. The van der Waals surface area contributed by atoms with Gasteiger partial charge in [-0.05, 0) is 36.9 Å². The Labute approximate surface area is 161 Å². The van der Waals surface area contributed by atoms with Crippen LogP contribution in [0.25, 0.3) is 11.2 Å². The summed E-state index contributed by atoms with van der Waals surface area (Å²) in [6.07, 6.45) is 8.23. The van der Waals surface area contributed by atoms with Crippen molar-refractivity contribution in [2.45, 2.75) is 57.8 Å². The van der Waals surface area contributed by atoms with Gasteiger partial charge >= 0.3 is 0 Å². The molecule has 2 aromatic rings. The first-order chi connectivity index (χ1) is 12.1. The van der Waals surface area contributed by atoms with Crippen LogP contribution >= 0.6 is 11.6 Å². The molecule has 0 saturated carbocycles. The first kappa shape index (κ1) is 19.3. The molecule has 1 aliphatic carbocycles. The molecule has 6 nitrogen and oxygen atoms in total. The molecule has 1 aliphatic rings. The number of fused-ring (bicyclic) bond motifs is 1. The minimum absolute atomic E-state index is 0.168.